The zero-order chi connectivity index (χ0) is 56.1. The predicted molar refractivity (Wildman–Crippen MR) is 277 cm³/mol. The van der Waals surface area contributed by atoms with Crippen LogP contribution in [0.3, 0.4) is 0 Å². The van der Waals surface area contributed by atoms with E-state index in [0.717, 1.165) is 10.9 Å². The fourth-order valence-corrected chi connectivity index (χ4v) is 8.03. The Hall–Kier alpha value is -6.62. The maximum Gasteiger partial charge on any atom is 0.326 e. The Morgan fingerprint density at radius 2 is 1.09 bits per heavy atom. The molecule has 0 unspecified atom stereocenters. The van der Waals surface area contributed by atoms with Crippen molar-refractivity contribution in [2.75, 3.05) is 6.54 Å². The summed E-state index contributed by atoms with van der Waals surface area (Å²) in [6, 6.07) is -3.21. The first kappa shape index (κ1) is 63.5. The number of H-pyrrole nitrogens is 1. The molecule has 10 atom stereocenters. The lowest BCUT2D eigenvalue weighted by Gasteiger charge is -2.30. The molecule has 2 aromatic rings. The molecule has 0 fully saturated rings. The zero-order valence-electron chi connectivity index (χ0n) is 44.8. The fraction of sp³-hybridized carbons (Fsp3) is 0.647. The second kappa shape index (κ2) is 30.5. The minimum atomic E-state index is -1.70. The van der Waals surface area contributed by atoms with Gasteiger partial charge < -0.3 is 69.2 Å². The molecule has 0 aliphatic carbocycles. The second-order valence-electron chi connectivity index (χ2n) is 20.8. The van der Waals surface area contributed by atoms with Gasteiger partial charge in [0.25, 0.3) is 0 Å². The van der Waals surface area contributed by atoms with Gasteiger partial charge in [-0.1, -0.05) is 93.9 Å². The summed E-state index contributed by atoms with van der Waals surface area (Å²) in [7, 11) is 0. The first-order valence-electron chi connectivity index (χ1n) is 25.4. The van der Waals surface area contributed by atoms with Crippen LogP contribution < -0.4 is 54.0 Å². The number of carbonyl (C=O) groups is 10. The van der Waals surface area contributed by atoms with Crippen LogP contribution in [0.5, 0.6) is 0 Å². The molecule has 414 valence electrons. The Morgan fingerprint density at radius 3 is 1.62 bits per heavy atom. The van der Waals surface area contributed by atoms with Crippen LogP contribution in [0.15, 0.2) is 30.5 Å². The van der Waals surface area contributed by atoms with E-state index in [0.29, 0.717) is 18.4 Å². The SMILES string of the molecule is CC[C@H](C)[C@H](NC(=O)CNC(=O)[C@H](Cc1c[nH]c2ccccc12)NC(=O)[C@@H](NC(=O)[C@@H](NC(=O)[C@H](CC(C)C)NC(=O)[C@H](CCC(N)=O)NC(=O)[C@H](CC(C)C)NC(=O)[C@@H](N)CC(C)C)[C@@H](C)O)C(C)C)C(=O)O. The molecule has 1 heterocycles. The molecule has 1 aromatic heterocycles. The molecule has 0 saturated carbocycles. The van der Waals surface area contributed by atoms with Crippen LogP contribution in [0, 0.1) is 29.6 Å². The van der Waals surface area contributed by atoms with Crippen molar-refractivity contribution in [3.05, 3.63) is 36.0 Å². The Labute approximate surface area is 433 Å². The number of aromatic amines is 1. The number of aliphatic carboxylic acids is 1. The quantitative estimate of drug-likeness (QED) is 0.0464. The molecule has 0 bridgehead atoms. The standard InChI is InChI=1S/C51H83N11O12/c1-12-29(10)42(51(73)74)60-40(65)24-55-45(67)38(22-31-23-54-34-16-14-13-15-32(31)34)59-49(71)41(28(8)9)61-50(72)43(30(11)63)62-48(70)37(21-27(6)7)58-46(68)35(17-18-39(53)64)56-47(69)36(20-26(4)5)57-44(66)33(52)19-25(2)3/h13-16,23,25-30,33,35-38,41-43,54,63H,12,17-22,24,52H2,1-11H3,(H2,53,64)(H,55,67)(H,56,69)(H,57,66)(H,58,68)(H,59,71)(H,60,65)(H,61,72)(H,62,70)(H,73,74)/t29-,30+,33-,35-,36-,37-,38-,41-,42-,43-/m0/s1. The highest BCUT2D eigenvalue weighted by Gasteiger charge is 2.37. The van der Waals surface area contributed by atoms with Gasteiger partial charge in [0.05, 0.1) is 18.7 Å². The fourth-order valence-electron chi connectivity index (χ4n) is 8.03. The van der Waals surface area contributed by atoms with Gasteiger partial charge in [-0.15, -0.1) is 0 Å². The van der Waals surface area contributed by atoms with E-state index in [9.17, 15) is 58.2 Å². The van der Waals surface area contributed by atoms with Gasteiger partial charge in [-0.3, -0.25) is 43.2 Å². The lowest BCUT2D eigenvalue weighted by molar-refractivity contribution is -0.143. The number of aliphatic hydroxyl groups is 1. The van der Waals surface area contributed by atoms with Crippen molar-refractivity contribution in [1.29, 1.82) is 0 Å². The van der Waals surface area contributed by atoms with Crippen LogP contribution in [-0.4, -0.2) is 135 Å². The number of benzene rings is 1. The van der Waals surface area contributed by atoms with E-state index in [4.69, 9.17) is 11.5 Å². The number of nitrogens with one attached hydrogen (secondary N) is 9. The molecule has 0 saturated heterocycles. The Balaban J connectivity index is 2.38. The number of carboxylic acids is 1. The van der Waals surface area contributed by atoms with Crippen LogP contribution in [0.4, 0.5) is 0 Å². The number of carbonyl (C=O) groups excluding carboxylic acids is 9. The summed E-state index contributed by atoms with van der Waals surface area (Å²) >= 11 is 0. The molecule has 23 heteroatoms. The topological polar surface area (TPSA) is 375 Å². The van der Waals surface area contributed by atoms with Crippen molar-refractivity contribution >= 4 is 70.0 Å². The van der Waals surface area contributed by atoms with Gasteiger partial charge in [-0.2, -0.15) is 0 Å². The van der Waals surface area contributed by atoms with Gasteiger partial charge in [-0.25, -0.2) is 4.79 Å². The summed E-state index contributed by atoms with van der Waals surface area (Å²) in [4.78, 5) is 137. The number of rotatable bonds is 32. The minimum Gasteiger partial charge on any atom is -0.480 e. The Bertz CT molecular complexity index is 2250. The average molecular weight is 1040 g/mol. The molecule has 0 aliphatic heterocycles. The van der Waals surface area contributed by atoms with Crippen LogP contribution >= 0.6 is 0 Å². The number of primary amides is 1. The van der Waals surface area contributed by atoms with E-state index in [2.05, 4.69) is 47.5 Å². The smallest absolute Gasteiger partial charge is 0.326 e. The molecule has 23 nitrogen and oxygen atoms in total. The third-order valence-corrected chi connectivity index (χ3v) is 12.3. The summed E-state index contributed by atoms with van der Waals surface area (Å²) < 4.78 is 0. The van der Waals surface area contributed by atoms with Crippen molar-refractivity contribution in [2.45, 2.75) is 176 Å². The number of carboxylic acid groups (broad SMARTS) is 1. The number of hydrogen-bond donors (Lipinski definition) is 13. The predicted octanol–water partition coefficient (Wildman–Crippen LogP) is 0.119. The van der Waals surface area contributed by atoms with E-state index >= 15 is 0 Å². The van der Waals surface area contributed by atoms with Crippen LogP contribution in [0.25, 0.3) is 10.9 Å². The van der Waals surface area contributed by atoms with Gasteiger partial charge in [0, 0.05) is 29.9 Å². The van der Waals surface area contributed by atoms with E-state index in [-0.39, 0.29) is 49.9 Å². The maximum atomic E-state index is 14.2. The van der Waals surface area contributed by atoms with Gasteiger partial charge in [0.2, 0.25) is 53.2 Å². The van der Waals surface area contributed by atoms with Gasteiger partial charge in [0.15, 0.2) is 0 Å². The highest BCUT2D eigenvalue weighted by molar-refractivity contribution is 5.98. The molecule has 9 amide bonds. The summed E-state index contributed by atoms with van der Waals surface area (Å²) in [6.45, 7) is 18.2. The summed E-state index contributed by atoms with van der Waals surface area (Å²) in [5, 5.41) is 41.8. The van der Waals surface area contributed by atoms with Crippen molar-refractivity contribution in [1.82, 2.24) is 47.5 Å². The van der Waals surface area contributed by atoms with E-state index < -0.39 is 132 Å². The molecule has 0 radical (unpaired) electrons. The number of hydrogen-bond acceptors (Lipinski definition) is 12. The Kier molecular flexibility index (Phi) is 26.2. The average Bonchev–Trinajstić information content (AvgIpc) is 3.72. The molecule has 1 aromatic carbocycles. The third kappa shape index (κ3) is 21.1. The van der Waals surface area contributed by atoms with Crippen molar-refractivity contribution in [2.24, 2.45) is 41.1 Å². The summed E-state index contributed by atoms with van der Waals surface area (Å²) in [5.41, 5.74) is 12.9. The number of aromatic nitrogens is 1. The molecule has 15 N–H and O–H groups in total. The number of para-hydroxylation sites is 1. The number of amides is 9. The first-order valence-corrected chi connectivity index (χ1v) is 25.4. The van der Waals surface area contributed by atoms with E-state index in [1.807, 2.05) is 45.9 Å². The molecular weight excluding hydrogens is 959 g/mol. The monoisotopic (exact) mass is 1040 g/mol. The Morgan fingerprint density at radius 1 is 0.595 bits per heavy atom. The minimum absolute atomic E-state index is 0.00144. The van der Waals surface area contributed by atoms with E-state index in [1.54, 1.807) is 53.8 Å². The maximum absolute atomic E-state index is 14.2. The third-order valence-electron chi connectivity index (χ3n) is 12.3. The lowest BCUT2D eigenvalue weighted by atomic mass is 9.99. The van der Waals surface area contributed by atoms with Crippen LogP contribution in [-0.2, 0) is 54.4 Å². The van der Waals surface area contributed by atoms with E-state index in [1.165, 1.54) is 6.92 Å². The second-order valence-corrected chi connectivity index (χ2v) is 20.8. The zero-order valence-corrected chi connectivity index (χ0v) is 44.8. The van der Waals surface area contributed by atoms with Gasteiger partial charge in [0.1, 0.15) is 42.3 Å². The molecule has 0 aliphatic rings. The lowest BCUT2D eigenvalue weighted by Crippen LogP contribution is -2.62. The normalized spacial score (nSPS) is 15.6. The van der Waals surface area contributed by atoms with Crippen LogP contribution in [0.2, 0.25) is 0 Å². The van der Waals surface area contributed by atoms with Gasteiger partial charge in [-0.05, 0) is 73.8 Å². The summed E-state index contributed by atoms with van der Waals surface area (Å²) in [5.74, 6) is -9.83. The largest absolute Gasteiger partial charge is 0.480 e. The molecule has 74 heavy (non-hydrogen) atoms. The molecule has 0 spiro atoms. The van der Waals surface area contributed by atoms with Gasteiger partial charge >= 0.3 is 5.97 Å². The van der Waals surface area contributed by atoms with Crippen molar-refractivity contribution in [3.63, 3.8) is 0 Å². The van der Waals surface area contributed by atoms with Crippen molar-refractivity contribution in [3.8, 4) is 0 Å². The molecule has 2 rings (SSSR count). The number of aliphatic hydroxyl groups excluding tert-OH is 1. The first-order chi connectivity index (χ1) is 34.6. The van der Waals surface area contributed by atoms with Crippen molar-refractivity contribution < 1.29 is 58.2 Å². The highest BCUT2D eigenvalue weighted by atomic mass is 16.4. The highest BCUT2D eigenvalue weighted by Crippen LogP contribution is 2.20. The number of nitrogens with two attached hydrogens (primary N) is 2. The molecular formula is C51H83N11O12. The van der Waals surface area contributed by atoms with Crippen LogP contribution in [0.1, 0.15) is 120 Å². The number of fused-ring (bicyclic) bond motifs is 1. The summed E-state index contributed by atoms with van der Waals surface area (Å²) in [6.07, 6.45) is 0.377.